The van der Waals surface area contributed by atoms with Crippen LogP contribution in [0.2, 0.25) is 0 Å². The minimum absolute atomic E-state index is 0.0391. The van der Waals surface area contributed by atoms with Crippen LogP contribution in [0, 0.1) is 0 Å². The molecule has 0 aliphatic heterocycles. The Balaban J connectivity index is 2.30. The molecule has 7 heteroatoms. The van der Waals surface area contributed by atoms with Gasteiger partial charge >= 0.3 is 18.1 Å². The van der Waals surface area contributed by atoms with Gasteiger partial charge in [0.2, 0.25) is 0 Å². The minimum Gasteiger partial charge on any atom is -0.465 e. The van der Waals surface area contributed by atoms with Gasteiger partial charge in [0, 0.05) is 0 Å². The molecule has 0 fully saturated rings. The van der Waals surface area contributed by atoms with Crippen LogP contribution < -0.4 is 9.47 Å². The molecule has 2 rings (SSSR count). The highest BCUT2D eigenvalue weighted by molar-refractivity contribution is 5.94. The smallest absolute Gasteiger partial charge is 0.465 e. The van der Waals surface area contributed by atoms with Crippen molar-refractivity contribution < 1.29 is 33.3 Å². The van der Waals surface area contributed by atoms with E-state index in [9.17, 15) is 14.4 Å². The van der Waals surface area contributed by atoms with Crippen LogP contribution in [0.1, 0.15) is 71.4 Å². The molecule has 0 amide bonds. The number of benzene rings is 2. The number of carbonyl (C=O) groups excluding carboxylic acids is 3. The first-order chi connectivity index (χ1) is 15.4. The summed E-state index contributed by atoms with van der Waals surface area (Å²) in [5.74, 6) is -1.19. The van der Waals surface area contributed by atoms with E-state index in [1.54, 1.807) is 36.4 Å². The molecule has 0 saturated carbocycles. The number of carbonyl (C=O) groups is 3. The Kier molecular flexibility index (Phi) is 9.73. The molecule has 172 valence electrons. The number of unbranched alkanes of at least 4 members (excludes halogenated alkanes) is 2. The Morgan fingerprint density at radius 1 is 0.688 bits per heavy atom. The van der Waals surface area contributed by atoms with Gasteiger partial charge in [-0.05, 0) is 61.1 Å². The Labute approximate surface area is 188 Å². The van der Waals surface area contributed by atoms with Crippen LogP contribution in [-0.4, -0.2) is 32.3 Å². The van der Waals surface area contributed by atoms with Crippen LogP contribution in [0.4, 0.5) is 4.79 Å². The second kappa shape index (κ2) is 12.5. The predicted octanol–water partition coefficient (Wildman–Crippen LogP) is 5.52. The van der Waals surface area contributed by atoms with Crippen molar-refractivity contribution in [2.24, 2.45) is 0 Å². The van der Waals surface area contributed by atoms with E-state index < -0.39 is 18.1 Å². The van der Waals surface area contributed by atoms with Crippen molar-refractivity contribution >= 4 is 18.1 Å². The second-order valence-electron chi connectivity index (χ2n) is 7.31. The molecule has 0 heterocycles. The number of hydrogen-bond acceptors (Lipinski definition) is 7. The van der Waals surface area contributed by atoms with Crippen LogP contribution in [0.3, 0.4) is 0 Å². The monoisotopic (exact) mass is 442 g/mol. The van der Waals surface area contributed by atoms with E-state index in [0.29, 0.717) is 0 Å². The number of esters is 2. The molecule has 0 aromatic heterocycles. The molecule has 0 saturated heterocycles. The normalized spacial score (nSPS) is 10.4. The molecule has 0 N–H and O–H groups in total. The molecule has 2 aromatic carbocycles. The summed E-state index contributed by atoms with van der Waals surface area (Å²) >= 11 is 0. The van der Waals surface area contributed by atoms with Crippen molar-refractivity contribution in [2.45, 2.75) is 52.4 Å². The van der Waals surface area contributed by atoms with Crippen molar-refractivity contribution in [1.29, 1.82) is 0 Å². The zero-order chi connectivity index (χ0) is 23.5. The first-order valence-corrected chi connectivity index (χ1v) is 10.8. The van der Waals surface area contributed by atoms with E-state index in [2.05, 4.69) is 13.8 Å². The largest absolute Gasteiger partial charge is 0.519 e. The maximum absolute atomic E-state index is 12.6. The Bertz CT molecular complexity index is 874. The van der Waals surface area contributed by atoms with Gasteiger partial charge in [-0.2, -0.15) is 0 Å². The maximum atomic E-state index is 12.6. The van der Waals surface area contributed by atoms with Crippen LogP contribution in [0.5, 0.6) is 11.5 Å². The molecule has 7 nitrogen and oxygen atoms in total. The van der Waals surface area contributed by atoms with Crippen LogP contribution >= 0.6 is 0 Å². The minimum atomic E-state index is -1.07. The summed E-state index contributed by atoms with van der Waals surface area (Å²) in [5, 5.41) is 0. The van der Waals surface area contributed by atoms with Crippen molar-refractivity contribution in [3.05, 3.63) is 58.7 Å². The van der Waals surface area contributed by atoms with Crippen molar-refractivity contribution in [1.82, 2.24) is 0 Å². The van der Waals surface area contributed by atoms with E-state index in [-0.39, 0.29) is 22.6 Å². The zero-order valence-corrected chi connectivity index (χ0v) is 19.1. The highest BCUT2D eigenvalue weighted by Gasteiger charge is 2.21. The van der Waals surface area contributed by atoms with Gasteiger partial charge in [-0.3, -0.25) is 0 Å². The molecule has 0 unspecified atom stereocenters. The van der Waals surface area contributed by atoms with Gasteiger partial charge in [-0.15, -0.1) is 0 Å². The highest BCUT2D eigenvalue weighted by atomic mass is 16.7. The standard InChI is InChI=1S/C25H30O7/c1-5-7-9-17-11-13-19(23(26)29-3)21(15-17)31-25(28)32-22-16-18(10-8-6-2)12-14-20(22)24(27)30-4/h11-16H,5-10H2,1-4H3. The summed E-state index contributed by atoms with van der Waals surface area (Å²) < 4.78 is 20.3. The molecule has 0 aliphatic rings. The predicted molar refractivity (Wildman–Crippen MR) is 119 cm³/mol. The van der Waals surface area contributed by atoms with E-state index >= 15 is 0 Å². The molecule has 32 heavy (non-hydrogen) atoms. The third-order valence-electron chi connectivity index (χ3n) is 4.93. The average molecular weight is 443 g/mol. The lowest BCUT2D eigenvalue weighted by Gasteiger charge is -2.13. The molecule has 0 spiro atoms. The van der Waals surface area contributed by atoms with Gasteiger partial charge in [-0.25, -0.2) is 14.4 Å². The van der Waals surface area contributed by atoms with E-state index in [1.807, 2.05) is 0 Å². The molecule has 0 aliphatic carbocycles. The van der Waals surface area contributed by atoms with E-state index in [0.717, 1.165) is 49.7 Å². The van der Waals surface area contributed by atoms with Crippen LogP contribution in [0.25, 0.3) is 0 Å². The highest BCUT2D eigenvalue weighted by Crippen LogP contribution is 2.26. The van der Waals surface area contributed by atoms with Crippen LogP contribution in [-0.2, 0) is 22.3 Å². The number of hydrogen-bond donors (Lipinski definition) is 0. The molecule has 2 aromatic rings. The number of rotatable bonds is 10. The van der Waals surface area contributed by atoms with Crippen molar-refractivity contribution in [3.8, 4) is 11.5 Å². The van der Waals surface area contributed by atoms with E-state index in [4.69, 9.17) is 18.9 Å². The quantitative estimate of drug-likeness (QED) is 0.353. The summed E-state index contributed by atoms with van der Waals surface area (Å²) in [7, 11) is 2.50. The molecule has 0 radical (unpaired) electrons. The first kappa shape index (κ1) is 24.9. The summed E-state index contributed by atoms with van der Waals surface area (Å²) in [6, 6.07) is 9.97. The lowest BCUT2D eigenvalue weighted by Crippen LogP contribution is -2.18. The number of methoxy groups -OCH3 is 2. The Morgan fingerprint density at radius 2 is 1.09 bits per heavy atom. The summed E-state index contributed by atoms with van der Waals surface area (Å²) in [6.07, 6.45) is 4.39. The fourth-order valence-electron chi connectivity index (χ4n) is 3.13. The van der Waals surface area contributed by atoms with Gasteiger partial charge in [0.25, 0.3) is 0 Å². The summed E-state index contributed by atoms with van der Waals surface area (Å²) in [5.41, 5.74) is 2.04. The lowest BCUT2D eigenvalue weighted by atomic mass is 10.1. The number of ether oxygens (including phenoxy) is 4. The van der Waals surface area contributed by atoms with Crippen molar-refractivity contribution in [2.75, 3.05) is 14.2 Å². The van der Waals surface area contributed by atoms with Gasteiger partial charge in [0.15, 0.2) is 0 Å². The second-order valence-corrected chi connectivity index (χ2v) is 7.31. The lowest BCUT2D eigenvalue weighted by molar-refractivity contribution is 0.0590. The molecular formula is C25H30O7. The third-order valence-corrected chi connectivity index (χ3v) is 4.93. The average Bonchev–Trinajstić information content (AvgIpc) is 2.80. The molecular weight excluding hydrogens is 412 g/mol. The molecule has 0 bridgehead atoms. The topological polar surface area (TPSA) is 88.1 Å². The van der Waals surface area contributed by atoms with Gasteiger partial charge in [-0.1, -0.05) is 38.8 Å². The van der Waals surface area contributed by atoms with E-state index in [1.165, 1.54) is 14.2 Å². The Morgan fingerprint density at radius 3 is 1.44 bits per heavy atom. The fourth-order valence-corrected chi connectivity index (χ4v) is 3.13. The number of aryl methyl sites for hydroxylation is 2. The van der Waals surface area contributed by atoms with Crippen molar-refractivity contribution in [3.63, 3.8) is 0 Å². The Hall–Kier alpha value is -3.35. The maximum Gasteiger partial charge on any atom is 0.519 e. The third kappa shape index (κ3) is 6.83. The van der Waals surface area contributed by atoms with Gasteiger partial charge in [0.1, 0.15) is 22.6 Å². The van der Waals surface area contributed by atoms with Gasteiger partial charge in [0.05, 0.1) is 14.2 Å². The first-order valence-electron chi connectivity index (χ1n) is 10.8. The van der Waals surface area contributed by atoms with Crippen LogP contribution in [0.15, 0.2) is 36.4 Å². The summed E-state index contributed by atoms with van der Waals surface area (Å²) in [4.78, 5) is 36.8. The van der Waals surface area contributed by atoms with Gasteiger partial charge < -0.3 is 18.9 Å². The SMILES string of the molecule is CCCCc1ccc(C(=O)OC)c(OC(=O)Oc2cc(CCCC)ccc2C(=O)OC)c1. The zero-order valence-electron chi connectivity index (χ0n) is 19.1. The fraction of sp³-hybridized carbons (Fsp3) is 0.400. The molecule has 0 atom stereocenters. The summed E-state index contributed by atoms with van der Waals surface area (Å²) in [6.45, 7) is 4.15.